The number of hydrogen-bond donors (Lipinski definition) is 1. The molecule has 0 aromatic carbocycles. The van der Waals surface area contributed by atoms with Crippen LogP contribution in [0.2, 0.25) is 0 Å². The molecule has 2 saturated carbocycles. The molecule has 0 saturated heterocycles. The first-order valence-corrected chi connectivity index (χ1v) is 12.1. The number of carboxylic acid groups (broad SMARTS) is 1. The van der Waals surface area contributed by atoms with Gasteiger partial charge in [0.15, 0.2) is 0 Å². The minimum atomic E-state index is -1.04. The van der Waals surface area contributed by atoms with E-state index in [1.165, 1.54) is 0 Å². The number of Topliss-reactive ketones (excluding diaryl/α,β-unsaturated/α-hetero) is 1. The van der Waals surface area contributed by atoms with Gasteiger partial charge < -0.3 is 10.0 Å². The molecule has 168 valence electrons. The maximum absolute atomic E-state index is 13.7. The summed E-state index contributed by atoms with van der Waals surface area (Å²) in [6.45, 7) is 8.23. The number of anilines is 1. The number of aromatic carboxylic acids is 1. The van der Waals surface area contributed by atoms with E-state index < -0.39 is 5.97 Å². The smallest absolute Gasteiger partial charge is 0.348 e. The Hall–Kier alpha value is -2.13. The lowest BCUT2D eigenvalue weighted by Gasteiger charge is -2.37. The lowest BCUT2D eigenvalue weighted by Crippen LogP contribution is -2.46. The summed E-state index contributed by atoms with van der Waals surface area (Å²) in [5.74, 6) is 6.00. The third-order valence-electron chi connectivity index (χ3n) is 6.21. The molecule has 31 heavy (non-hydrogen) atoms. The van der Waals surface area contributed by atoms with E-state index in [0.717, 1.165) is 37.0 Å². The lowest BCUT2D eigenvalue weighted by atomic mass is 9.81. The van der Waals surface area contributed by atoms with Crippen LogP contribution in [0.4, 0.5) is 5.69 Å². The van der Waals surface area contributed by atoms with Crippen molar-refractivity contribution in [2.45, 2.75) is 85.1 Å². The number of amides is 1. The molecule has 1 N–H and O–H groups in total. The van der Waals surface area contributed by atoms with Crippen molar-refractivity contribution in [3.05, 3.63) is 15.8 Å². The molecule has 0 bridgehead atoms. The zero-order chi connectivity index (χ0) is 22.8. The van der Waals surface area contributed by atoms with Gasteiger partial charge in [0.1, 0.15) is 10.7 Å². The number of hydrogen-bond acceptors (Lipinski definition) is 4. The van der Waals surface area contributed by atoms with E-state index in [-0.39, 0.29) is 33.9 Å². The Morgan fingerprint density at radius 3 is 2.26 bits per heavy atom. The van der Waals surface area contributed by atoms with E-state index in [2.05, 4.69) is 18.8 Å². The highest BCUT2D eigenvalue weighted by Crippen LogP contribution is 2.38. The fourth-order valence-electron chi connectivity index (χ4n) is 4.41. The van der Waals surface area contributed by atoms with Gasteiger partial charge in [-0.2, -0.15) is 0 Å². The molecule has 2 aliphatic rings. The highest BCUT2D eigenvalue weighted by molar-refractivity contribution is 7.15. The molecule has 0 aliphatic heterocycles. The molecular weight excluding hydrogens is 410 g/mol. The molecule has 1 aromatic heterocycles. The van der Waals surface area contributed by atoms with Crippen LogP contribution in [0.1, 0.15) is 93.6 Å². The van der Waals surface area contributed by atoms with Crippen LogP contribution in [-0.2, 0) is 9.59 Å². The van der Waals surface area contributed by atoms with E-state index in [1.807, 2.05) is 20.8 Å². The lowest BCUT2D eigenvalue weighted by molar-refractivity contribution is -0.125. The highest BCUT2D eigenvalue weighted by Gasteiger charge is 2.37. The number of ketones is 1. The first-order chi connectivity index (χ1) is 14.5. The van der Waals surface area contributed by atoms with Crippen molar-refractivity contribution < 1.29 is 19.5 Å². The van der Waals surface area contributed by atoms with Gasteiger partial charge in [-0.3, -0.25) is 9.59 Å². The molecule has 2 aliphatic carbocycles. The fraction of sp³-hybridized carbons (Fsp3) is 0.640. The molecule has 0 atom stereocenters. The summed E-state index contributed by atoms with van der Waals surface area (Å²) in [5, 5.41) is 9.89. The normalized spacial score (nSPS) is 22.5. The SMILES string of the molecule is CC1CCC(C(=O)N(c2cc(C#CC(C)(C)C)sc2C(=O)O)C2CCC(=O)CC2)CC1. The standard InChI is InChI=1S/C25H33NO4S/c1-16-5-7-17(8-6-16)23(28)26(18-9-11-19(27)12-10-18)21-15-20(13-14-25(2,3)4)31-22(21)24(29)30/h15-18H,5-12H2,1-4H3,(H,29,30). The van der Waals surface area contributed by atoms with E-state index in [4.69, 9.17) is 0 Å². The number of carbonyl (C=O) groups is 3. The van der Waals surface area contributed by atoms with Crippen molar-refractivity contribution >= 4 is 34.7 Å². The minimum Gasteiger partial charge on any atom is -0.477 e. The van der Waals surface area contributed by atoms with Crippen LogP contribution < -0.4 is 4.90 Å². The van der Waals surface area contributed by atoms with Gasteiger partial charge in [0.05, 0.1) is 10.6 Å². The van der Waals surface area contributed by atoms with Gasteiger partial charge >= 0.3 is 5.97 Å². The number of nitrogens with zero attached hydrogens (tertiary/aromatic N) is 1. The maximum Gasteiger partial charge on any atom is 0.348 e. The third kappa shape index (κ3) is 5.98. The van der Waals surface area contributed by atoms with Crippen molar-refractivity contribution in [3.8, 4) is 11.8 Å². The second kappa shape index (κ2) is 9.56. The zero-order valence-electron chi connectivity index (χ0n) is 19.0. The van der Waals surface area contributed by atoms with Gasteiger partial charge in [-0.05, 0) is 71.3 Å². The fourth-order valence-corrected chi connectivity index (χ4v) is 5.25. The van der Waals surface area contributed by atoms with E-state index in [0.29, 0.717) is 42.2 Å². The van der Waals surface area contributed by atoms with Crippen molar-refractivity contribution in [3.63, 3.8) is 0 Å². The molecule has 1 amide bonds. The zero-order valence-corrected chi connectivity index (χ0v) is 19.8. The van der Waals surface area contributed by atoms with Gasteiger partial charge in [0.25, 0.3) is 0 Å². The van der Waals surface area contributed by atoms with Crippen LogP contribution >= 0.6 is 11.3 Å². The predicted octanol–water partition coefficient (Wildman–Crippen LogP) is 5.51. The van der Waals surface area contributed by atoms with Gasteiger partial charge in [-0.1, -0.05) is 18.8 Å². The Morgan fingerprint density at radius 2 is 1.71 bits per heavy atom. The van der Waals surface area contributed by atoms with Crippen LogP contribution in [0, 0.1) is 29.1 Å². The minimum absolute atomic E-state index is 0.0156. The summed E-state index contributed by atoms with van der Waals surface area (Å²) in [6.07, 6.45) is 5.78. The second-order valence-corrected chi connectivity index (χ2v) is 11.1. The monoisotopic (exact) mass is 443 g/mol. The van der Waals surface area contributed by atoms with Crippen LogP contribution in [0.15, 0.2) is 6.07 Å². The summed E-state index contributed by atoms with van der Waals surface area (Å²) in [4.78, 5) is 40.2. The van der Waals surface area contributed by atoms with Crippen molar-refractivity contribution in [2.24, 2.45) is 17.3 Å². The van der Waals surface area contributed by atoms with Crippen molar-refractivity contribution in [2.75, 3.05) is 4.90 Å². The van der Waals surface area contributed by atoms with Crippen molar-refractivity contribution in [1.29, 1.82) is 0 Å². The number of carbonyl (C=O) groups excluding carboxylic acids is 2. The summed E-state index contributed by atoms with van der Waals surface area (Å²) < 4.78 is 0. The highest BCUT2D eigenvalue weighted by atomic mass is 32.1. The molecule has 6 heteroatoms. The maximum atomic E-state index is 13.7. The molecule has 2 fully saturated rings. The number of thiophene rings is 1. The van der Waals surface area contributed by atoms with Crippen LogP contribution in [-0.4, -0.2) is 28.8 Å². The Morgan fingerprint density at radius 1 is 1.10 bits per heavy atom. The molecular formula is C25H33NO4S. The summed E-state index contributed by atoms with van der Waals surface area (Å²) in [6, 6.07) is 1.63. The van der Waals surface area contributed by atoms with Gasteiger partial charge in [0, 0.05) is 30.2 Å². The molecule has 1 aromatic rings. The van der Waals surface area contributed by atoms with Gasteiger partial charge in [-0.25, -0.2) is 4.79 Å². The first kappa shape index (κ1) is 23.5. The van der Waals surface area contributed by atoms with E-state index >= 15 is 0 Å². The second-order valence-electron chi connectivity index (χ2n) is 10.1. The Labute approximate surface area is 189 Å². The van der Waals surface area contributed by atoms with Crippen LogP contribution in [0.25, 0.3) is 0 Å². The van der Waals surface area contributed by atoms with Crippen molar-refractivity contribution in [1.82, 2.24) is 0 Å². The molecule has 1 heterocycles. The largest absolute Gasteiger partial charge is 0.477 e. The van der Waals surface area contributed by atoms with Crippen LogP contribution in [0.3, 0.4) is 0 Å². The Bertz CT molecular complexity index is 896. The average Bonchev–Trinajstić information content (AvgIpc) is 3.12. The van der Waals surface area contributed by atoms with E-state index in [9.17, 15) is 19.5 Å². The quantitative estimate of drug-likeness (QED) is 0.622. The molecule has 0 radical (unpaired) electrons. The Balaban J connectivity index is 2.00. The number of rotatable bonds is 4. The van der Waals surface area contributed by atoms with Gasteiger partial charge in [-0.15, -0.1) is 11.3 Å². The van der Waals surface area contributed by atoms with Crippen LogP contribution in [0.5, 0.6) is 0 Å². The summed E-state index contributed by atoms with van der Waals surface area (Å²) in [5.41, 5.74) is 0.254. The molecule has 0 spiro atoms. The average molecular weight is 444 g/mol. The molecule has 0 unspecified atom stereocenters. The van der Waals surface area contributed by atoms with Gasteiger partial charge in [0.2, 0.25) is 5.91 Å². The number of carboxylic acids is 1. The Kier molecular flexibility index (Phi) is 7.26. The third-order valence-corrected chi connectivity index (χ3v) is 7.24. The predicted molar refractivity (Wildman–Crippen MR) is 123 cm³/mol. The topological polar surface area (TPSA) is 74.7 Å². The summed E-state index contributed by atoms with van der Waals surface area (Å²) in [7, 11) is 0. The molecule has 5 nitrogen and oxygen atoms in total. The summed E-state index contributed by atoms with van der Waals surface area (Å²) >= 11 is 1.13. The molecule has 3 rings (SSSR count). The van der Waals surface area contributed by atoms with E-state index in [1.54, 1.807) is 11.0 Å². The first-order valence-electron chi connectivity index (χ1n) is 11.3.